The van der Waals surface area contributed by atoms with Gasteiger partial charge in [-0.3, -0.25) is 14.7 Å². The highest BCUT2D eigenvalue weighted by atomic mass is 19.1. The minimum absolute atomic E-state index is 0.0859. The Bertz CT molecular complexity index is 796. The summed E-state index contributed by atoms with van der Waals surface area (Å²) in [5.74, 6) is -0.691. The predicted molar refractivity (Wildman–Crippen MR) is 101 cm³/mol. The van der Waals surface area contributed by atoms with Crippen LogP contribution in [-0.2, 0) is 6.54 Å². The molecule has 0 aromatic carbocycles. The summed E-state index contributed by atoms with van der Waals surface area (Å²) in [7, 11) is 0. The van der Waals surface area contributed by atoms with Crippen LogP contribution in [0.5, 0.6) is 0 Å². The number of amides is 1. The number of carbonyl (C=O) groups excluding carboxylic acids is 1. The molecule has 0 radical (unpaired) electrons. The van der Waals surface area contributed by atoms with Crippen molar-refractivity contribution in [2.45, 2.75) is 32.2 Å². The van der Waals surface area contributed by atoms with Crippen LogP contribution < -0.4 is 0 Å². The van der Waals surface area contributed by atoms with Gasteiger partial charge in [-0.25, -0.2) is 4.98 Å². The van der Waals surface area contributed by atoms with E-state index in [-0.39, 0.29) is 11.3 Å². The third-order valence-corrected chi connectivity index (χ3v) is 5.77. The molecule has 0 aliphatic carbocycles. The zero-order valence-corrected chi connectivity index (χ0v) is 15.5. The second-order valence-corrected chi connectivity index (χ2v) is 7.83. The summed E-state index contributed by atoms with van der Waals surface area (Å²) in [5, 5.41) is 0. The van der Waals surface area contributed by atoms with E-state index in [4.69, 9.17) is 0 Å². The van der Waals surface area contributed by atoms with Gasteiger partial charge in [0.2, 0.25) is 5.95 Å². The highest BCUT2D eigenvalue weighted by molar-refractivity contribution is 5.94. The van der Waals surface area contributed by atoms with Gasteiger partial charge in [-0.05, 0) is 50.4 Å². The molecule has 2 aromatic rings. The summed E-state index contributed by atoms with van der Waals surface area (Å²) in [6.07, 6.45) is 7.61. The summed E-state index contributed by atoms with van der Waals surface area (Å²) in [6.45, 7) is 4.39. The summed E-state index contributed by atoms with van der Waals surface area (Å²) >= 11 is 0. The molecule has 0 saturated carbocycles. The zero-order valence-electron chi connectivity index (χ0n) is 15.5. The van der Waals surface area contributed by atoms with Crippen molar-refractivity contribution in [2.75, 3.05) is 26.2 Å². The van der Waals surface area contributed by atoms with Crippen molar-refractivity contribution in [1.29, 1.82) is 0 Å². The standard InChI is InChI=1S/C21H25FN4O/c22-19-13-17(6-10-24-19)20(27)26-12-4-8-21(16-26)7-3-11-25(15-21)14-18-5-1-2-9-23-18/h1-2,5-6,9-10,13H,3-4,7-8,11-12,14-16H2. The Morgan fingerprint density at radius 2 is 1.93 bits per heavy atom. The van der Waals surface area contributed by atoms with Crippen molar-refractivity contribution in [3.63, 3.8) is 0 Å². The number of rotatable bonds is 3. The van der Waals surface area contributed by atoms with E-state index in [1.165, 1.54) is 12.3 Å². The van der Waals surface area contributed by atoms with E-state index in [9.17, 15) is 9.18 Å². The van der Waals surface area contributed by atoms with Crippen LogP contribution in [0.4, 0.5) is 4.39 Å². The maximum absolute atomic E-state index is 13.4. The number of likely N-dealkylation sites (tertiary alicyclic amines) is 2. The first-order valence-electron chi connectivity index (χ1n) is 9.67. The Morgan fingerprint density at radius 1 is 1.07 bits per heavy atom. The quantitative estimate of drug-likeness (QED) is 0.781. The first-order valence-corrected chi connectivity index (χ1v) is 9.67. The first kappa shape index (κ1) is 18.0. The van der Waals surface area contributed by atoms with Gasteiger partial charge >= 0.3 is 0 Å². The Labute approximate surface area is 159 Å². The van der Waals surface area contributed by atoms with Crippen molar-refractivity contribution in [3.8, 4) is 0 Å². The molecule has 2 aromatic heterocycles. The fraction of sp³-hybridized carbons (Fsp3) is 0.476. The second kappa shape index (κ2) is 7.72. The van der Waals surface area contributed by atoms with Crippen LogP contribution in [0, 0.1) is 11.4 Å². The van der Waals surface area contributed by atoms with E-state index < -0.39 is 5.95 Å². The number of carbonyl (C=O) groups is 1. The molecule has 4 heterocycles. The van der Waals surface area contributed by atoms with Gasteiger partial charge in [0.25, 0.3) is 5.91 Å². The largest absolute Gasteiger partial charge is 0.338 e. The number of halogens is 1. The number of hydrogen-bond acceptors (Lipinski definition) is 4. The molecule has 2 fully saturated rings. The molecule has 1 atom stereocenters. The van der Waals surface area contributed by atoms with Gasteiger partial charge in [0.05, 0.1) is 5.69 Å². The molecular formula is C21H25FN4O. The molecule has 142 valence electrons. The van der Waals surface area contributed by atoms with Crippen molar-refractivity contribution in [2.24, 2.45) is 5.41 Å². The van der Waals surface area contributed by atoms with Gasteiger partial charge in [0.1, 0.15) is 0 Å². The van der Waals surface area contributed by atoms with Gasteiger partial charge in [0, 0.05) is 55.6 Å². The van der Waals surface area contributed by atoms with E-state index in [0.717, 1.165) is 64.1 Å². The Hall–Kier alpha value is -2.34. The smallest absolute Gasteiger partial charge is 0.254 e. The monoisotopic (exact) mass is 368 g/mol. The Kier molecular flexibility index (Phi) is 5.16. The highest BCUT2D eigenvalue weighted by Crippen LogP contribution is 2.39. The van der Waals surface area contributed by atoms with Crippen LogP contribution in [-0.4, -0.2) is 51.9 Å². The lowest BCUT2D eigenvalue weighted by Crippen LogP contribution is -2.53. The van der Waals surface area contributed by atoms with Crippen molar-refractivity contribution in [1.82, 2.24) is 19.8 Å². The molecule has 2 aliphatic rings. The molecule has 2 saturated heterocycles. The van der Waals surface area contributed by atoms with Gasteiger partial charge in [-0.1, -0.05) is 6.07 Å². The van der Waals surface area contributed by atoms with Gasteiger partial charge in [0.15, 0.2) is 0 Å². The van der Waals surface area contributed by atoms with Crippen LogP contribution in [0.3, 0.4) is 0 Å². The lowest BCUT2D eigenvalue weighted by molar-refractivity contribution is 0.0110. The van der Waals surface area contributed by atoms with E-state index in [0.29, 0.717) is 5.56 Å². The maximum atomic E-state index is 13.4. The van der Waals surface area contributed by atoms with Crippen LogP contribution in [0.25, 0.3) is 0 Å². The predicted octanol–water partition coefficient (Wildman–Crippen LogP) is 3.13. The topological polar surface area (TPSA) is 49.3 Å². The molecule has 1 spiro atoms. The fourth-order valence-electron chi connectivity index (χ4n) is 4.60. The molecular weight excluding hydrogens is 343 g/mol. The van der Waals surface area contributed by atoms with Crippen LogP contribution in [0.1, 0.15) is 41.7 Å². The molecule has 5 nitrogen and oxygen atoms in total. The number of aromatic nitrogens is 2. The molecule has 27 heavy (non-hydrogen) atoms. The number of hydrogen-bond donors (Lipinski definition) is 0. The van der Waals surface area contributed by atoms with Crippen LogP contribution >= 0.6 is 0 Å². The highest BCUT2D eigenvalue weighted by Gasteiger charge is 2.40. The normalized spacial score (nSPS) is 23.5. The number of piperidine rings is 2. The summed E-state index contributed by atoms with van der Waals surface area (Å²) < 4.78 is 13.4. The number of pyridine rings is 2. The molecule has 4 rings (SSSR count). The van der Waals surface area contributed by atoms with Crippen LogP contribution in [0.15, 0.2) is 42.7 Å². The molecule has 6 heteroatoms. The first-order chi connectivity index (χ1) is 13.1. The fourth-order valence-corrected chi connectivity index (χ4v) is 4.60. The zero-order chi connectivity index (χ0) is 18.7. The SMILES string of the molecule is O=C(c1ccnc(F)c1)N1CCCC2(CCCN(Cc3ccccn3)C2)C1. The third-order valence-electron chi connectivity index (χ3n) is 5.77. The minimum atomic E-state index is -0.605. The molecule has 1 unspecified atom stereocenters. The average Bonchev–Trinajstić information content (AvgIpc) is 2.68. The van der Waals surface area contributed by atoms with E-state index >= 15 is 0 Å². The lowest BCUT2D eigenvalue weighted by atomic mass is 9.73. The summed E-state index contributed by atoms with van der Waals surface area (Å²) in [4.78, 5) is 25.2. The summed E-state index contributed by atoms with van der Waals surface area (Å²) in [5.41, 5.74) is 1.61. The van der Waals surface area contributed by atoms with Crippen LogP contribution in [0.2, 0.25) is 0 Å². The Balaban J connectivity index is 1.45. The van der Waals surface area contributed by atoms with E-state index in [2.05, 4.69) is 20.9 Å². The number of nitrogens with zero attached hydrogens (tertiary/aromatic N) is 4. The van der Waals surface area contributed by atoms with E-state index in [1.807, 2.05) is 23.2 Å². The third kappa shape index (κ3) is 4.16. The summed E-state index contributed by atoms with van der Waals surface area (Å²) in [6, 6.07) is 8.86. The average molecular weight is 368 g/mol. The van der Waals surface area contributed by atoms with E-state index in [1.54, 1.807) is 6.07 Å². The van der Waals surface area contributed by atoms with Crippen molar-refractivity contribution < 1.29 is 9.18 Å². The van der Waals surface area contributed by atoms with Gasteiger partial charge < -0.3 is 4.90 Å². The minimum Gasteiger partial charge on any atom is -0.338 e. The van der Waals surface area contributed by atoms with Crippen molar-refractivity contribution >= 4 is 5.91 Å². The Morgan fingerprint density at radius 3 is 2.70 bits per heavy atom. The molecule has 1 amide bonds. The lowest BCUT2D eigenvalue weighted by Gasteiger charge is -2.48. The molecule has 2 aliphatic heterocycles. The van der Waals surface area contributed by atoms with Crippen molar-refractivity contribution in [3.05, 3.63) is 59.9 Å². The molecule has 0 bridgehead atoms. The second-order valence-electron chi connectivity index (χ2n) is 7.83. The van der Waals surface area contributed by atoms with Gasteiger partial charge in [-0.2, -0.15) is 4.39 Å². The molecule has 0 N–H and O–H groups in total. The van der Waals surface area contributed by atoms with Gasteiger partial charge in [-0.15, -0.1) is 0 Å². The maximum Gasteiger partial charge on any atom is 0.254 e.